The fraction of sp³-hybridized carbons (Fsp3) is 0.292. The predicted octanol–water partition coefficient (Wildman–Crippen LogP) is 4.08. The number of aromatic nitrogens is 1. The Kier molecular flexibility index (Phi) is 5.93. The van der Waals surface area contributed by atoms with E-state index in [1.807, 2.05) is 18.2 Å². The SMILES string of the molecule is CN1CCC(CNC(=O)c2cccc(C#N)c2)(c2nc(-c3ccccc3)cs2)CC1. The number of carbonyl (C=O) groups excluding carboxylic acids is 1. The van der Waals surface area contributed by atoms with E-state index in [0.29, 0.717) is 17.7 Å². The second kappa shape index (κ2) is 8.78. The van der Waals surface area contributed by atoms with Crippen LogP contribution in [0, 0.1) is 11.3 Å². The molecule has 1 fully saturated rings. The van der Waals surface area contributed by atoms with Crippen LogP contribution in [0.4, 0.5) is 0 Å². The first kappa shape index (κ1) is 20.3. The van der Waals surface area contributed by atoms with Crippen molar-refractivity contribution in [3.8, 4) is 17.3 Å². The zero-order chi connectivity index (χ0) is 21.0. The van der Waals surface area contributed by atoms with E-state index >= 15 is 0 Å². The predicted molar refractivity (Wildman–Crippen MR) is 119 cm³/mol. The van der Waals surface area contributed by atoms with Gasteiger partial charge >= 0.3 is 0 Å². The van der Waals surface area contributed by atoms with Crippen LogP contribution in [0.1, 0.15) is 33.8 Å². The Hall–Kier alpha value is -3.01. The molecule has 2 heterocycles. The maximum atomic E-state index is 12.8. The zero-order valence-corrected chi connectivity index (χ0v) is 17.8. The number of hydrogen-bond acceptors (Lipinski definition) is 5. The van der Waals surface area contributed by atoms with Crippen LogP contribution in [0.2, 0.25) is 0 Å². The Bertz CT molecular complexity index is 1060. The minimum Gasteiger partial charge on any atom is -0.351 e. The van der Waals surface area contributed by atoms with Gasteiger partial charge in [0, 0.05) is 28.5 Å². The van der Waals surface area contributed by atoms with Gasteiger partial charge in [0.05, 0.1) is 17.3 Å². The summed E-state index contributed by atoms with van der Waals surface area (Å²) < 4.78 is 0. The lowest BCUT2D eigenvalue weighted by Gasteiger charge is -2.39. The average molecular weight is 417 g/mol. The van der Waals surface area contributed by atoms with E-state index in [1.165, 1.54) is 0 Å². The highest BCUT2D eigenvalue weighted by molar-refractivity contribution is 7.10. The number of likely N-dealkylation sites (tertiary alicyclic amines) is 1. The fourth-order valence-corrected chi connectivity index (χ4v) is 4.94. The number of carbonyl (C=O) groups is 1. The molecule has 30 heavy (non-hydrogen) atoms. The lowest BCUT2D eigenvalue weighted by Crippen LogP contribution is -2.48. The molecule has 1 N–H and O–H groups in total. The van der Waals surface area contributed by atoms with Crippen molar-refractivity contribution < 1.29 is 4.79 Å². The van der Waals surface area contributed by atoms with Gasteiger partial charge in [0.25, 0.3) is 5.91 Å². The van der Waals surface area contributed by atoms with Crippen LogP contribution in [-0.4, -0.2) is 42.5 Å². The van der Waals surface area contributed by atoms with Gasteiger partial charge in [-0.2, -0.15) is 5.26 Å². The molecule has 0 spiro atoms. The summed E-state index contributed by atoms with van der Waals surface area (Å²) >= 11 is 1.68. The van der Waals surface area contributed by atoms with Gasteiger partial charge in [-0.1, -0.05) is 36.4 Å². The third-order valence-corrected chi connectivity index (χ3v) is 6.90. The molecule has 2 aromatic carbocycles. The molecule has 4 rings (SSSR count). The minimum atomic E-state index is -0.174. The average Bonchev–Trinajstić information content (AvgIpc) is 3.30. The van der Waals surface area contributed by atoms with Crippen molar-refractivity contribution in [2.75, 3.05) is 26.7 Å². The van der Waals surface area contributed by atoms with E-state index in [-0.39, 0.29) is 11.3 Å². The maximum absolute atomic E-state index is 12.8. The molecular weight excluding hydrogens is 392 g/mol. The molecule has 1 amide bonds. The van der Waals surface area contributed by atoms with Crippen molar-refractivity contribution in [1.29, 1.82) is 5.26 Å². The van der Waals surface area contributed by atoms with E-state index in [9.17, 15) is 4.79 Å². The highest BCUT2D eigenvalue weighted by Crippen LogP contribution is 2.38. The van der Waals surface area contributed by atoms with E-state index in [0.717, 1.165) is 42.2 Å². The second-order valence-electron chi connectivity index (χ2n) is 7.86. The molecule has 3 aromatic rings. The first-order valence-electron chi connectivity index (χ1n) is 10.1. The van der Waals surface area contributed by atoms with Crippen LogP contribution in [0.25, 0.3) is 11.3 Å². The van der Waals surface area contributed by atoms with Gasteiger partial charge in [0.15, 0.2) is 0 Å². The van der Waals surface area contributed by atoms with Crippen LogP contribution in [0.15, 0.2) is 60.0 Å². The molecule has 1 aliphatic rings. The van der Waals surface area contributed by atoms with Crippen molar-refractivity contribution in [2.45, 2.75) is 18.3 Å². The molecule has 5 nitrogen and oxygen atoms in total. The summed E-state index contributed by atoms with van der Waals surface area (Å²) in [4.78, 5) is 20.1. The van der Waals surface area contributed by atoms with E-state index < -0.39 is 0 Å². The third kappa shape index (κ3) is 4.28. The Labute approximate surface area is 181 Å². The third-order valence-electron chi connectivity index (χ3n) is 5.81. The first-order chi connectivity index (χ1) is 14.6. The molecule has 0 radical (unpaired) electrons. The number of nitrogens with one attached hydrogen (secondary N) is 1. The number of piperidine rings is 1. The normalized spacial score (nSPS) is 16.0. The van der Waals surface area contributed by atoms with Crippen molar-refractivity contribution in [1.82, 2.24) is 15.2 Å². The number of rotatable bonds is 5. The summed E-state index contributed by atoms with van der Waals surface area (Å²) in [6.07, 6.45) is 1.90. The van der Waals surface area contributed by atoms with Gasteiger partial charge in [0.2, 0.25) is 0 Å². The molecular formula is C24H24N4OS. The monoisotopic (exact) mass is 416 g/mol. The molecule has 0 unspecified atom stereocenters. The smallest absolute Gasteiger partial charge is 0.251 e. The summed E-state index contributed by atoms with van der Waals surface area (Å²) in [6, 6.07) is 19.1. The number of thiazole rings is 1. The van der Waals surface area contributed by atoms with Crippen LogP contribution < -0.4 is 5.32 Å². The number of hydrogen-bond donors (Lipinski definition) is 1. The van der Waals surface area contributed by atoms with Gasteiger partial charge in [-0.15, -0.1) is 11.3 Å². The van der Waals surface area contributed by atoms with Crippen LogP contribution in [0.5, 0.6) is 0 Å². The summed E-state index contributed by atoms with van der Waals surface area (Å²) in [5.74, 6) is -0.148. The standard InChI is InChI=1S/C24H24N4OS/c1-28-12-10-24(11-13-28,17-26-22(29)20-9-5-6-18(14-20)15-25)23-27-21(16-30-23)19-7-3-2-4-8-19/h2-9,14,16H,10-13,17H2,1H3,(H,26,29). The lowest BCUT2D eigenvalue weighted by molar-refractivity contribution is 0.0927. The largest absolute Gasteiger partial charge is 0.351 e. The number of nitrogens with zero attached hydrogens (tertiary/aromatic N) is 3. The van der Waals surface area contributed by atoms with Crippen molar-refractivity contribution in [3.63, 3.8) is 0 Å². The second-order valence-corrected chi connectivity index (χ2v) is 8.72. The minimum absolute atomic E-state index is 0.148. The summed E-state index contributed by atoms with van der Waals surface area (Å²) in [5.41, 5.74) is 2.93. The molecule has 1 aromatic heterocycles. The highest BCUT2D eigenvalue weighted by atomic mass is 32.1. The summed E-state index contributed by atoms with van der Waals surface area (Å²) in [5, 5.41) is 15.4. The van der Waals surface area contributed by atoms with Gasteiger partial charge in [-0.3, -0.25) is 4.79 Å². The van der Waals surface area contributed by atoms with Gasteiger partial charge in [0.1, 0.15) is 5.01 Å². The van der Waals surface area contributed by atoms with E-state index in [1.54, 1.807) is 35.6 Å². The molecule has 1 saturated heterocycles. The summed E-state index contributed by atoms with van der Waals surface area (Å²) in [6.45, 7) is 2.48. The maximum Gasteiger partial charge on any atom is 0.251 e. The first-order valence-corrected chi connectivity index (χ1v) is 11.0. The van der Waals surface area contributed by atoms with Gasteiger partial charge < -0.3 is 10.2 Å². The highest BCUT2D eigenvalue weighted by Gasteiger charge is 2.38. The molecule has 152 valence electrons. The fourth-order valence-electron chi connectivity index (χ4n) is 3.85. The van der Waals surface area contributed by atoms with Crippen molar-refractivity contribution in [3.05, 3.63) is 76.1 Å². The molecule has 0 aliphatic carbocycles. The zero-order valence-electron chi connectivity index (χ0n) is 17.0. The van der Waals surface area contributed by atoms with E-state index in [4.69, 9.17) is 10.2 Å². The number of amides is 1. The van der Waals surface area contributed by atoms with Crippen molar-refractivity contribution in [2.24, 2.45) is 0 Å². The Morgan fingerprint density at radius 1 is 1.20 bits per heavy atom. The Morgan fingerprint density at radius 3 is 2.70 bits per heavy atom. The lowest BCUT2D eigenvalue weighted by atomic mass is 9.78. The topological polar surface area (TPSA) is 69.0 Å². The van der Waals surface area contributed by atoms with E-state index in [2.05, 4.69) is 40.8 Å². The quantitative estimate of drug-likeness (QED) is 0.681. The van der Waals surface area contributed by atoms with Crippen LogP contribution >= 0.6 is 11.3 Å². The molecule has 6 heteroatoms. The number of nitriles is 1. The molecule has 0 atom stereocenters. The molecule has 0 bridgehead atoms. The molecule has 1 aliphatic heterocycles. The Morgan fingerprint density at radius 2 is 1.97 bits per heavy atom. The van der Waals surface area contributed by atoms with Crippen LogP contribution in [-0.2, 0) is 5.41 Å². The summed E-state index contributed by atoms with van der Waals surface area (Å²) in [7, 11) is 2.13. The molecule has 0 saturated carbocycles. The van der Waals surface area contributed by atoms with Crippen LogP contribution in [0.3, 0.4) is 0 Å². The Balaban J connectivity index is 1.56. The van der Waals surface area contributed by atoms with Crippen molar-refractivity contribution >= 4 is 17.2 Å². The van der Waals surface area contributed by atoms with Gasteiger partial charge in [-0.05, 0) is 51.2 Å². The number of benzene rings is 2. The van der Waals surface area contributed by atoms with Gasteiger partial charge in [-0.25, -0.2) is 4.98 Å².